The predicted molar refractivity (Wildman–Crippen MR) is 72.8 cm³/mol. The van der Waals surface area contributed by atoms with Crippen molar-refractivity contribution in [3.8, 4) is 0 Å². The molecule has 2 amide bonds. The van der Waals surface area contributed by atoms with Gasteiger partial charge in [0.25, 0.3) is 0 Å². The van der Waals surface area contributed by atoms with Gasteiger partial charge in [0.2, 0.25) is 6.39 Å². The second kappa shape index (κ2) is 7.04. The van der Waals surface area contributed by atoms with Crippen LogP contribution in [0.1, 0.15) is 11.4 Å². The number of nitrogens with one attached hydrogen (secondary N) is 2. The Morgan fingerprint density at radius 3 is 2.62 bits per heavy atom. The summed E-state index contributed by atoms with van der Waals surface area (Å²) in [7, 11) is 0. The number of anilines is 1. The van der Waals surface area contributed by atoms with E-state index in [-0.39, 0.29) is 12.5 Å². The third-order valence-corrected chi connectivity index (χ3v) is 2.61. The summed E-state index contributed by atoms with van der Waals surface area (Å²) in [6.07, 6.45) is 1.66. The summed E-state index contributed by atoms with van der Waals surface area (Å²) in [4.78, 5) is 26.0. The number of carbonyl (C=O) groups is 2. The van der Waals surface area contributed by atoms with Gasteiger partial charge >= 0.3 is 12.0 Å². The number of rotatable bonds is 6. The van der Waals surface area contributed by atoms with Gasteiger partial charge in [-0.25, -0.2) is 4.79 Å². The average Bonchev–Trinajstić information content (AvgIpc) is 2.93. The molecule has 21 heavy (non-hydrogen) atoms. The van der Waals surface area contributed by atoms with Crippen LogP contribution in [-0.2, 0) is 17.6 Å². The van der Waals surface area contributed by atoms with Crippen molar-refractivity contribution in [2.45, 2.75) is 12.8 Å². The smallest absolute Gasteiger partial charge is 0.319 e. The van der Waals surface area contributed by atoms with Gasteiger partial charge in [-0.05, 0) is 17.7 Å². The van der Waals surface area contributed by atoms with Crippen LogP contribution >= 0.6 is 0 Å². The maximum absolute atomic E-state index is 11.6. The number of amides is 2. The highest BCUT2D eigenvalue weighted by Crippen LogP contribution is 2.09. The van der Waals surface area contributed by atoms with E-state index in [2.05, 4.69) is 25.3 Å². The summed E-state index contributed by atoms with van der Waals surface area (Å²) in [5.41, 5.74) is 1.26. The van der Waals surface area contributed by atoms with E-state index in [0.717, 1.165) is 0 Å². The van der Waals surface area contributed by atoms with Crippen LogP contribution < -0.4 is 10.6 Å². The number of aromatic nitrogens is 2. The Kier molecular flexibility index (Phi) is 4.86. The van der Waals surface area contributed by atoms with Crippen LogP contribution in [0.4, 0.5) is 10.5 Å². The molecule has 2 aromatic rings. The first-order valence-electron chi connectivity index (χ1n) is 6.24. The van der Waals surface area contributed by atoms with Crippen molar-refractivity contribution in [2.24, 2.45) is 0 Å². The summed E-state index contributed by atoms with van der Waals surface area (Å²) < 4.78 is 4.58. The lowest BCUT2D eigenvalue weighted by molar-refractivity contribution is -0.136. The van der Waals surface area contributed by atoms with E-state index in [9.17, 15) is 9.59 Å². The fourth-order valence-electron chi connectivity index (χ4n) is 1.65. The molecule has 110 valence electrons. The number of urea groups is 1. The SMILES string of the molecule is O=C(O)Cc1ccc(NC(=O)NCCc2ncon2)cc1. The molecule has 0 saturated heterocycles. The Morgan fingerprint density at radius 2 is 2.00 bits per heavy atom. The minimum absolute atomic E-state index is 0.0445. The van der Waals surface area contributed by atoms with E-state index in [1.807, 2.05) is 0 Å². The molecular weight excluding hydrogens is 276 g/mol. The van der Waals surface area contributed by atoms with Crippen LogP contribution in [0.15, 0.2) is 35.2 Å². The monoisotopic (exact) mass is 290 g/mol. The Bertz CT molecular complexity index is 595. The van der Waals surface area contributed by atoms with Gasteiger partial charge in [0.1, 0.15) is 0 Å². The molecule has 0 bridgehead atoms. The summed E-state index contributed by atoms with van der Waals surface area (Å²) in [6, 6.07) is 6.25. The lowest BCUT2D eigenvalue weighted by Gasteiger charge is -2.07. The van der Waals surface area contributed by atoms with Gasteiger partial charge < -0.3 is 20.3 Å². The number of aliphatic carboxylic acids is 1. The van der Waals surface area contributed by atoms with Gasteiger partial charge in [-0.1, -0.05) is 17.3 Å². The minimum Gasteiger partial charge on any atom is -0.481 e. The average molecular weight is 290 g/mol. The Labute approximate surface area is 120 Å². The number of carboxylic acid groups (broad SMARTS) is 1. The van der Waals surface area contributed by atoms with Crippen LogP contribution in [0, 0.1) is 0 Å². The molecule has 0 aliphatic rings. The lowest BCUT2D eigenvalue weighted by Crippen LogP contribution is -2.30. The maximum atomic E-state index is 11.6. The van der Waals surface area contributed by atoms with Crippen LogP contribution in [0.3, 0.4) is 0 Å². The number of carbonyl (C=O) groups excluding carboxylic acids is 1. The van der Waals surface area contributed by atoms with Gasteiger partial charge in [0.15, 0.2) is 5.82 Å². The van der Waals surface area contributed by atoms with Crippen molar-refractivity contribution in [3.05, 3.63) is 42.0 Å². The van der Waals surface area contributed by atoms with E-state index < -0.39 is 5.97 Å². The van der Waals surface area contributed by atoms with Crippen LogP contribution in [0.5, 0.6) is 0 Å². The molecule has 0 aliphatic heterocycles. The second-order valence-electron chi connectivity index (χ2n) is 4.25. The molecule has 3 N–H and O–H groups in total. The third-order valence-electron chi connectivity index (χ3n) is 2.61. The molecule has 0 spiro atoms. The van der Waals surface area contributed by atoms with E-state index >= 15 is 0 Å². The number of benzene rings is 1. The van der Waals surface area contributed by atoms with Gasteiger partial charge in [-0.3, -0.25) is 4.79 Å². The second-order valence-corrected chi connectivity index (χ2v) is 4.25. The molecule has 0 saturated carbocycles. The predicted octanol–water partition coefficient (Wildman–Crippen LogP) is 1.06. The number of nitrogens with zero attached hydrogens (tertiary/aromatic N) is 2. The zero-order valence-electron chi connectivity index (χ0n) is 11.1. The summed E-state index contributed by atoms with van der Waals surface area (Å²) >= 11 is 0. The molecule has 1 aromatic heterocycles. The quantitative estimate of drug-likeness (QED) is 0.732. The molecule has 0 unspecified atom stereocenters. The first-order valence-corrected chi connectivity index (χ1v) is 6.24. The highest BCUT2D eigenvalue weighted by Gasteiger charge is 2.04. The molecule has 1 heterocycles. The summed E-state index contributed by atoms with van der Waals surface area (Å²) in [5, 5.41) is 17.6. The zero-order chi connectivity index (χ0) is 15.1. The highest BCUT2D eigenvalue weighted by atomic mass is 16.5. The van der Waals surface area contributed by atoms with Crippen LogP contribution in [-0.4, -0.2) is 33.8 Å². The van der Waals surface area contributed by atoms with Gasteiger partial charge in [0.05, 0.1) is 6.42 Å². The normalized spacial score (nSPS) is 10.1. The van der Waals surface area contributed by atoms with Crippen molar-refractivity contribution in [3.63, 3.8) is 0 Å². The van der Waals surface area contributed by atoms with Crippen LogP contribution in [0.25, 0.3) is 0 Å². The molecule has 0 aliphatic carbocycles. The Balaban J connectivity index is 1.75. The van der Waals surface area contributed by atoms with Crippen molar-refractivity contribution in [1.82, 2.24) is 15.5 Å². The van der Waals surface area contributed by atoms with Crippen LogP contribution in [0.2, 0.25) is 0 Å². The molecule has 8 nitrogen and oxygen atoms in total. The number of hydrogen-bond acceptors (Lipinski definition) is 5. The van der Waals surface area contributed by atoms with Crippen molar-refractivity contribution < 1.29 is 19.2 Å². The van der Waals surface area contributed by atoms with Gasteiger partial charge in [-0.15, -0.1) is 0 Å². The highest BCUT2D eigenvalue weighted by molar-refractivity contribution is 5.89. The zero-order valence-corrected chi connectivity index (χ0v) is 11.1. The van der Waals surface area contributed by atoms with Gasteiger partial charge in [0, 0.05) is 18.7 Å². The number of hydrogen-bond donors (Lipinski definition) is 3. The number of carboxylic acids is 1. The largest absolute Gasteiger partial charge is 0.481 e. The molecule has 0 fully saturated rings. The maximum Gasteiger partial charge on any atom is 0.319 e. The molecular formula is C13H14N4O4. The first kappa shape index (κ1) is 14.5. The molecule has 8 heteroatoms. The summed E-state index contributed by atoms with van der Waals surface area (Å²) in [5.74, 6) is -0.372. The molecule has 1 aromatic carbocycles. The van der Waals surface area contributed by atoms with E-state index in [1.54, 1.807) is 24.3 Å². The van der Waals surface area contributed by atoms with Crippen molar-refractivity contribution >= 4 is 17.7 Å². The Hall–Kier alpha value is -2.90. The van der Waals surface area contributed by atoms with E-state index in [4.69, 9.17) is 5.11 Å². The van der Waals surface area contributed by atoms with Crippen molar-refractivity contribution in [1.29, 1.82) is 0 Å². The molecule has 2 rings (SSSR count). The van der Waals surface area contributed by atoms with Crippen molar-refractivity contribution in [2.75, 3.05) is 11.9 Å². The molecule has 0 radical (unpaired) electrons. The standard InChI is InChI=1S/C13H14N4O4/c18-12(19)7-9-1-3-10(4-2-9)16-13(20)14-6-5-11-15-8-21-17-11/h1-4,8H,5-7H2,(H,18,19)(H2,14,16,20). The Morgan fingerprint density at radius 1 is 1.24 bits per heavy atom. The van der Waals surface area contributed by atoms with Gasteiger partial charge in [-0.2, -0.15) is 4.98 Å². The fourth-order valence-corrected chi connectivity index (χ4v) is 1.65. The fraction of sp³-hybridized carbons (Fsp3) is 0.231. The summed E-state index contributed by atoms with van der Waals surface area (Å²) in [6.45, 7) is 0.377. The van der Waals surface area contributed by atoms with E-state index in [1.165, 1.54) is 6.39 Å². The minimum atomic E-state index is -0.894. The lowest BCUT2D eigenvalue weighted by atomic mass is 10.1. The third kappa shape index (κ3) is 4.94. The van der Waals surface area contributed by atoms with E-state index in [0.29, 0.717) is 30.0 Å². The molecule has 0 atom stereocenters. The first-order chi connectivity index (χ1) is 10.1. The topological polar surface area (TPSA) is 117 Å².